The molecule has 0 aliphatic carbocycles. The Morgan fingerprint density at radius 1 is 0.696 bits per heavy atom. The fourth-order valence-corrected chi connectivity index (χ4v) is 3.55. The van der Waals surface area contributed by atoms with Crippen molar-refractivity contribution in [1.29, 1.82) is 0 Å². The fraction of sp³-hybridized carbons (Fsp3) is 0.263. The van der Waals surface area contributed by atoms with Gasteiger partial charge in [-0.2, -0.15) is 0 Å². The average Bonchev–Trinajstić information content (AvgIpc) is 2.95. The van der Waals surface area contributed by atoms with E-state index >= 15 is 0 Å². The lowest BCUT2D eigenvalue weighted by molar-refractivity contribution is 0.297. The predicted molar refractivity (Wildman–Crippen MR) is 105 cm³/mol. The summed E-state index contributed by atoms with van der Waals surface area (Å²) in [5, 5.41) is 0. The van der Waals surface area contributed by atoms with Crippen LogP contribution in [0.1, 0.15) is 25.0 Å². The van der Waals surface area contributed by atoms with Crippen LogP contribution >= 0.6 is 31.9 Å². The van der Waals surface area contributed by atoms with Gasteiger partial charge in [0.15, 0.2) is 0 Å². The van der Waals surface area contributed by atoms with E-state index in [0.29, 0.717) is 0 Å². The molecule has 2 aromatic rings. The first-order valence-corrected chi connectivity index (χ1v) is 9.48. The molecule has 0 saturated heterocycles. The van der Waals surface area contributed by atoms with Gasteiger partial charge in [-0.15, -0.1) is 0 Å². The lowest BCUT2D eigenvalue weighted by Crippen LogP contribution is -2.27. The van der Waals surface area contributed by atoms with Gasteiger partial charge in [-0.3, -0.25) is 0 Å². The molecule has 0 radical (unpaired) electrons. The van der Waals surface area contributed by atoms with Crippen LogP contribution < -0.4 is 0 Å². The van der Waals surface area contributed by atoms with Crippen LogP contribution in [0.4, 0.5) is 0 Å². The summed E-state index contributed by atoms with van der Waals surface area (Å²) >= 11 is 7.07. The second kappa shape index (κ2) is 7.10. The number of halogens is 2. The Kier molecular flexibility index (Phi) is 5.12. The van der Waals surface area contributed by atoms with E-state index < -0.39 is 0 Å². The predicted octanol–water partition coefficient (Wildman–Crippen LogP) is 5.65. The molecule has 4 heteroatoms. The van der Waals surface area contributed by atoms with E-state index in [4.69, 9.17) is 0 Å². The van der Waals surface area contributed by atoms with Gasteiger partial charge in [-0.25, -0.2) is 0 Å². The standard InChI is InChI=1S/C19H20Br2N2/c1-3-22-13-23(4-2)19(15-7-11-17(21)12-8-15)18(22)14-5-9-16(20)10-6-14/h5-12H,3-4,13H2,1-2H3. The van der Waals surface area contributed by atoms with E-state index in [2.05, 4.69) is 104 Å². The molecule has 1 aliphatic heterocycles. The lowest BCUT2D eigenvalue weighted by atomic mass is 10.0. The summed E-state index contributed by atoms with van der Waals surface area (Å²) in [4.78, 5) is 4.90. The van der Waals surface area contributed by atoms with Crippen LogP contribution in [0, 0.1) is 0 Å². The van der Waals surface area contributed by atoms with Crippen LogP contribution in [0.25, 0.3) is 11.4 Å². The minimum Gasteiger partial charge on any atom is -0.352 e. The molecule has 0 atom stereocenters. The highest BCUT2D eigenvalue weighted by atomic mass is 79.9. The molecular formula is C19H20Br2N2. The van der Waals surface area contributed by atoms with Crippen molar-refractivity contribution in [3.05, 3.63) is 68.6 Å². The summed E-state index contributed by atoms with van der Waals surface area (Å²) in [7, 11) is 0. The zero-order valence-corrected chi connectivity index (χ0v) is 16.6. The monoisotopic (exact) mass is 434 g/mol. The Morgan fingerprint density at radius 2 is 1.04 bits per heavy atom. The molecule has 0 spiro atoms. The SMILES string of the molecule is CCN1CN(CC)C(c2ccc(Br)cc2)=C1c1ccc(Br)cc1. The van der Waals surface area contributed by atoms with E-state index in [9.17, 15) is 0 Å². The van der Waals surface area contributed by atoms with E-state index in [1.54, 1.807) is 0 Å². The first kappa shape index (κ1) is 16.6. The van der Waals surface area contributed by atoms with Crippen LogP contribution in [-0.4, -0.2) is 29.6 Å². The van der Waals surface area contributed by atoms with Gasteiger partial charge in [-0.05, 0) is 38.1 Å². The van der Waals surface area contributed by atoms with Crippen molar-refractivity contribution >= 4 is 43.3 Å². The third-order valence-corrected chi connectivity index (χ3v) is 5.25. The van der Waals surface area contributed by atoms with Gasteiger partial charge in [0, 0.05) is 33.2 Å². The second-order valence-electron chi connectivity index (χ2n) is 5.56. The summed E-state index contributed by atoms with van der Waals surface area (Å²) in [5.74, 6) is 0. The zero-order valence-electron chi connectivity index (χ0n) is 13.4. The highest BCUT2D eigenvalue weighted by molar-refractivity contribution is 9.10. The van der Waals surface area contributed by atoms with Gasteiger partial charge in [-0.1, -0.05) is 56.1 Å². The number of benzene rings is 2. The summed E-state index contributed by atoms with van der Waals surface area (Å²) in [5.41, 5.74) is 5.18. The van der Waals surface area contributed by atoms with E-state index in [0.717, 1.165) is 28.7 Å². The van der Waals surface area contributed by atoms with E-state index in [-0.39, 0.29) is 0 Å². The van der Waals surface area contributed by atoms with Gasteiger partial charge in [0.2, 0.25) is 0 Å². The number of hydrogen-bond acceptors (Lipinski definition) is 2. The summed E-state index contributed by atoms with van der Waals surface area (Å²) in [6, 6.07) is 17.2. The number of rotatable bonds is 4. The van der Waals surface area contributed by atoms with Crippen molar-refractivity contribution in [2.45, 2.75) is 13.8 Å². The Labute approximate surface area is 155 Å². The molecule has 0 saturated carbocycles. The number of nitrogens with zero attached hydrogens (tertiary/aromatic N) is 2. The molecule has 2 nitrogen and oxygen atoms in total. The van der Waals surface area contributed by atoms with Crippen LogP contribution in [-0.2, 0) is 0 Å². The first-order chi connectivity index (χ1) is 11.1. The Balaban J connectivity index is 2.17. The zero-order chi connectivity index (χ0) is 16.4. The van der Waals surface area contributed by atoms with Crippen molar-refractivity contribution in [2.75, 3.05) is 19.8 Å². The first-order valence-electron chi connectivity index (χ1n) is 7.90. The summed E-state index contributed by atoms with van der Waals surface area (Å²) < 4.78 is 2.22. The minimum absolute atomic E-state index is 0.948. The molecule has 1 aliphatic rings. The van der Waals surface area contributed by atoms with Crippen molar-refractivity contribution in [2.24, 2.45) is 0 Å². The second-order valence-corrected chi connectivity index (χ2v) is 7.40. The van der Waals surface area contributed by atoms with Crippen LogP contribution in [0.2, 0.25) is 0 Å². The van der Waals surface area contributed by atoms with Gasteiger partial charge in [0.1, 0.15) is 0 Å². The Morgan fingerprint density at radius 3 is 1.35 bits per heavy atom. The average molecular weight is 436 g/mol. The minimum atomic E-state index is 0.948. The van der Waals surface area contributed by atoms with Crippen molar-refractivity contribution in [3.63, 3.8) is 0 Å². The Bertz CT molecular complexity index is 644. The largest absolute Gasteiger partial charge is 0.352 e. The lowest BCUT2D eigenvalue weighted by Gasteiger charge is -2.22. The van der Waals surface area contributed by atoms with Gasteiger partial charge in [0.25, 0.3) is 0 Å². The molecule has 0 amide bonds. The van der Waals surface area contributed by atoms with Gasteiger partial charge < -0.3 is 9.80 Å². The molecule has 120 valence electrons. The molecular weight excluding hydrogens is 416 g/mol. The number of hydrogen-bond donors (Lipinski definition) is 0. The van der Waals surface area contributed by atoms with Crippen LogP contribution in [0.15, 0.2) is 57.5 Å². The van der Waals surface area contributed by atoms with Crippen LogP contribution in [0.3, 0.4) is 0 Å². The van der Waals surface area contributed by atoms with E-state index in [1.807, 2.05) is 0 Å². The molecule has 23 heavy (non-hydrogen) atoms. The van der Waals surface area contributed by atoms with Crippen molar-refractivity contribution in [3.8, 4) is 0 Å². The fourth-order valence-electron chi connectivity index (χ4n) is 3.02. The highest BCUT2D eigenvalue weighted by Gasteiger charge is 2.28. The quantitative estimate of drug-likeness (QED) is 0.611. The molecule has 0 unspecified atom stereocenters. The molecule has 3 rings (SSSR count). The molecule has 0 fully saturated rings. The third kappa shape index (κ3) is 3.33. The molecule has 2 aromatic carbocycles. The Hall–Kier alpha value is -1.26. The summed E-state index contributed by atoms with van der Waals surface area (Å²) in [6.07, 6.45) is 0. The molecule has 0 bridgehead atoms. The topological polar surface area (TPSA) is 6.48 Å². The van der Waals surface area contributed by atoms with Gasteiger partial charge >= 0.3 is 0 Å². The highest BCUT2D eigenvalue weighted by Crippen LogP contribution is 2.38. The van der Waals surface area contributed by atoms with E-state index in [1.165, 1.54) is 22.5 Å². The maximum absolute atomic E-state index is 3.53. The van der Waals surface area contributed by atoms with Crippen molar-refractivity contribution < 1.29 is 0 Å². The third-order valence-electron chi connectivity index (χ3n) is 4.20. The molecule has 1 heterocycles. The molecule has 0 aromatic heterocycles. The normalized spacial score (nSPS) is 14.8. The van der Waals surface area contributed by atoms with Gasteiger partial charge in [0.05, 0.1) is 18.1 Å². The van der Waals surface area contributed by atoms with Crippen molar-refractivity contribution in [1.82, 2.24) is 9.80 Å². The molecule has 0 N–H and O–H groups in total. The maximum Gasteiger partial charge on any atom is 0.0904 e. The smallest absolute Gasteiger partial charge is 0.0904 e. The summed E-state index contributed by atoms with van der Waals surface area (Å²) in [6.45, 7) is 7.39. The maximum atomic E-state index is 3.53. The van der Waals surface area contributed by atoms with Crippen LogP contribution in [0.5, 0.6) is 0 Å².